The van der Waals surface area contributed by atoms with Crippen LogP contribution in [0.15, 0.2) is 73.3 Å². The quantitative estimate of drug-likeness (QED) is 0.670. The first-order valence-electron chi connectivity index (χ1n) is 6.93. The smallest absolute Gasteiger partial charge is 0.182 e. The van der Waals surface area contributed by atoms with E-state index in [9.17, 15) is 4.79 Å². The number of hydrogen-bond donors (Lipinski definition) is 0. The highest BCUT2D eigenvalue weighted by molar-refractivity contribution is 5.95. The molecular formula is C18H16N2O. The maximum absolute atomic E-state index is 12.1. The van der Waals surface area contributed by atoms with Crippen LogP contribution in [0.5, 0.6) is 0 Å². The molecule has 0 aliphatic carbocycles. The fraction of sp³-hybridized carbons (Fsp3) is 0.111. The van der Waals surface area contributed by atoms with Crippen LogP contribution in [0.4, 0.5) is 0 Å². The molecule has 0 saturated heterocycles. The third-order valence-corrected chi connectivity index (χ3v) is 3.41. The summed E-state index contributed by atoms with van der Waals surface area (Å²) in [6.07, 6.45) is 6.01. The molecule has 1 aromatic heterocycles. The predicted octanol–water partition coefficient (Wildman–Crippen LogP) is 3.36. The SMILES string of the molecule is O=C(Cn1ccnc1)c1ccc(Cc2ccccc2)cc1. The summed E-state index contributed by atoms with van der Waals surface area (Å²) in [5.74, 6) is 0.0965. The van der Waals surface area contributed by atoms with E-state index in [1.165, 1.54) is 11.1 Å². The Bertz CT molecular complexity index is 701. The van der Waals surface area contributed by atoms with Gasteiger partial charge in [-0.1, -0.05) is 54.6 Å². The topological polar surface area (TPSA) is 34.9 Å². The van der Waals surface area contributed by atoms with Gasteiger partial charge in [0.1, 0.15) is 0 Å². The zero-order valence-corrected chi connectivity index (χ0v) is 11.6. The Hall–Kier alpha value is -2.68. The third-order valence-electron chi connectivity index (χ3n) is 3.41. The minimum Gasteiger partial charge on any atom is -0.330 e. The van der Waals surface area contributed by atoms with E-state index >= 15 is 0 Å². The summed E-state index contributed by atoms with van der Waals surface area (Å²) in [5.41, 5.74) is 3.22. The van der Waals surface area contributed by atoms with Gasteiger partial charge in [-0.15, -0.1) is 0 Å². The third kappa shape index (κ3) is 3.45. The fourth-order valence-electron chi connectivity index (χ4n) is 2.28. The summed E-state index contributed by atoms with van der Waals surface area (Å²) in [6, 6.07) is 18.2. The summed E-state index contributed by atoms with van der Waals surface area (Å²) in [6.45, 7) is 0.331. The van der Waals surface area contributed by atoms with Crippen LogP contribution in [0.3, 0.4) is 0 Å². The average Bonchev–Trinajstić information content (AvgIpc) is 3.02. The minimum atomic E-state index is 0.0965. The zero-order valence-electron chi connectivity index (χ0n) is 11.6. The van der Waals surface area contributed by atoms with Crippen molar-refractivity contribution in [3.63, 3.8) is 0 Å². The maximum atomic E-state index is 12.1. The Morgan fingerprint density at radius 3 is 2.33 bits per heavy atom. The van der Waals surface area contributed by atoms with Gasteiger partial charge in [0.25, 0.3) is 0 Å². The maximum Gasteiger partial charge on any atom is 0.182 e. The molecule has 104 valence electrons. The van der Waals surface area contributed by atoms with Gasteiger partial charge in [0.05, 0.1) is 12.9 Å². The van der Waals surface area contributed by atoms with Crippen LogP contribution in [-0.2, 0) is 13.0 Å². The Labute approximate surface area is 123 Å². The Morgan fingerprint density at radius 2 is 1.67 bits per heavy atom. The standard InChI is InChI=1S/C18H16N2O/c21-18(13-20-11-10-19-14-20)17-8-6-16(7-9-17)12-15-4-2-1-3-5-15/h1-11,14H,12-13H2. The van der Waals surface area contributed by atoms with Gasteiger partial charge in [-0.25, -0.2) is 4.98 Å². The van der Waals surface area contributed by atoms with Gasteiger partial charge in [0, 0.05) is 18.0 Å². The van der Waals surface area contributed by atoms with Crippen molar-refractivity contribution in [3.05, 3.63) is 90.0 Å². The molecule has 0 aliphatic heterocycles. The van der Waals surface area contributed by atoms with Crippen molar-refractivity contribution >= 4 is 5.78 Å². The van der Waals surface area contributed by atoms with Crippen LogP contribution >= 0.6 is 0 Å². The van der Waals surface area contributed by atoms with Gasteiger partial charge in [-0.05, 0) is 17.5 Å². The van der Waals surface area contributed by atoms with E-state index in [0.29, 0.717) is 6.54 Å². The summed E-state index contributed by atoms with van der Waals surface area (Å²) in [5, 5.41) is 0. The first-order valence-corrected chi connectivity index (χ1v) is 6.93. The van der Waals surface area contributed by atoms with Gasteiger partial charge in [-0.2, -0.15) is 0 Å². The predicted molar refractivity (Wildman–Crippen MR) is 82.2 cm³/mol. The lowest BCUT2D eigenvalue weighted by molar-refractivity contribution is 0.0972. The van der Waals surface area contributed by atoms with Crippen LogP contribution in [0.25, 0.3) is 0 Å². The highest BCUT2D eigenvalue weighted by Gasteiger charge is 2.06. The largest absolute Gasteiger partial charge is 0.330 e. The number of aromatic nitrogens is 2. The molecule has 3 rings (SSSR count). The molecule has 0 saturated carbocycles. The molecule has 0 bridgehead atoms. The van der Waals surface area contributed by atoms with Gasteiger partial charge >= 0.3 is 0 Å². The number of imidazole rings is 1. The number of benzene rings is 2. The van der Waals surface area contributed by atoms with Crippen LogP contribution < -0.4 is 0 Å². The molecule has 0 N–H and O–H groups in total. The van der Waals surface area contributed by atoms with Crippen LogP contribution in [-0.4, -0.2) is 15.3 Å². The lowest BCUT2D eigenvalue weighted by atomic mass is 10.0. The van der Waals surface area contributed by atoms with Crippen molar-refractivity contribution in [3.8, 4) is 0 Å². The first-order chi connectivity index (χ1) is 10.3. The molecule has 3 aromatic rings. The van der Waals surface area contributed by atoms with Crippen LogP contribution in [0.2, 0.25) is 0 Å². The van der Waals surface area contributed by atoms with E-state index in [2.05, 4.69) is 17.1 Å². The van der Waals surface area contributed by atoms with Crippen molar-refractivity contribution in [1.82, 2.24) is 9.55 Å². The molecule has 1 heterocycles. The van der Waals surface area contributed by atoms with Crippen molar-refractivity contribution in [2.45, 2.75) is 13.0 Å². The van der Waals surface area contributed by atoms with E-state index in [0.717, 1.165) is 12.0 Å². The molecule has 0 spiro atoms. The second-order valence-corrected chi connectivity index (χ2v) is 5.02. The van der Waals surface area contributed by atoms with E-state index in [-0.39, 0.29) is 5.78 Å². The van der Waals surface area contributed by atoms with Gasteiger partial charge < -0.3 is 4.57 Å². The molecule has 0 fully saturated rings. The van der Waals surface area contributed by atoms with Crippen LogP contribution in [0.1, 0.15) is 21.5 Å². The highest BCUT2D eigenvalue weighted by atomic mass is 16.1. The average molecular weight is 276 g/mol. The van der Waals surface area contributed by atoms with Gasteiger partial charge in [-0.3, -0.25) is 4.79 Å². The van der Waals surface area contributed by atoms with E-state index in [1.54, 1.807) is 23.3 Å². The highest BCUT2D eigenvalue weighted by Crippen LogP contribution is 2.11. The number of Topliss-reactive ketones (excluding diaryl/α,β-unsaturated/α-hetero) is 1. The molecule has 21 heavy (non-hydrogen) atoms. The molecule has 2 aromatic carbocycles. The number of carbonyl (C=O) groups is 1. The number of ketones is 1. The molecule has 0 aliphatic rings. The number of hydrogen-bond acceptors (Lipinski definition) is 2. The number of nitrogens with zero attached hydrogens (tertiary/aromatic N) is 2. The Morgan fingerprint density at radius 1 is 0.952 bits per heavy atom. The summed E-state index contributed by atoms with van der Waals surface area (Å²) in [7, 11) is 0. The second kappa shape index (κ2) is 6.18. The van der Waals surface area contributed by atoms with Gasteiger partial charge in [0.15, 0.2) is 5.78 Å². The molecule has 0 amide bonds. The number of rotatable bonds is 5. The van der Waals surface area contributed by atoms with Crippen LogP contribution in [0, 0.1) is 0 Å². The zero-order chi connectivity index (χ0) is 14.5. The Balaban J connectivity index is 1.68. The molecule has 0 radical (unpaired) electrons. The molecular weight excluding hydrogens is 260 g/mol. The summed E-state index contributed by atoms with van der Waals surface area (Å²) in [4.78, 5) is 16.1. The monoisotopic (exact) mass is 276 g/mol. The van der Waals surface area contributed by atoms with Crippen molar-refractivity contribution in [2.75, 3.05) is 0 Å². The van der Waals surface area contributed by atoms with Gasteiger partial charge in [0.2, 0.25) is 0 Å². The van der Waals surface area contributed by atoms with Crippen molar-refractivity contribution in [1.29, 1.82) is 0 Å². The molecule has 0 unspecified atom stereocenters. The van der Waals surface area contributed by atoms with E-state index in [1.807, 2.05) is 42.5 Å². The second-order valence-electron chi connectivity index (χ2n) is 5.02. The number of carbonyl (C=O) groups excluding carboxylic acids is 1. The van der Waals surface area contributed by atoms with E-state index in [4.69, 9.17) is 0 Å². The van der Waals surface area contributed by atoms with E-state index < -0.39 is 0 Å². The summed E-state index contributed by atoms with van der Waals surface area (Å²) >= 11 is 0. The van der Waals surface area contributed by atoms with Crippen molar-refractivity contribution < 1.29 is 4.79 Å². The lowest BCUT2D eigenvalue weighted by Gasteiger charge is -2.05. The molecule has 3 nitrogen and oxygen atoms in total. The summed E-state index contributed by atoms with van der Waals surface area (Å²) < 4.78 is 1.78. The first kappa shape index (κ1) is 13.3. The Kier molecular flexibility index (Phi) is 3.92. The molecule has 0 atom stereocenters. The molecule has 3 heteroatoms. The lowest BCUT2D eigenvalue weighted by Crippen LogP contribution is -2.08. The minimum absolute atomic E-state index is 0.0965. The van der Waals surface area contributed by atoms with Crippen molar-refractivity contribution in [2.24, 2.45) is 0 Å². The normalized spacial score (nSPS) is 10.5. The fourth-order valence-corrected chi connectivity index (χ4v) is 2.28.